The Morgan fingerprint density at radius 2 is 1.17 bits per heavy atom. The van der Waals surface area contributed by atoms with Crippen molar-refractivity contribution in [3.8, 4) is 39.8 Å². The van der Waals surface area contributed by atoms with E-state index >= 15 is 0 Å². The van der Waals surface area contributed by atoms with Crippen LogP contribution < -0.4 is 14.2 Å². The van der Waals surface area contributed by atoms with Crippen LogP contribution in [-0.2, 0) is 6.54 Å². The smallest absolute Gasteiger partial charge is 0.145 e. The van der Waals surface area contributed by atoms with Crippen LogP contribution in [0.4, 0.5) is 8.78 Å². The highest BCUT2D eigenvalue weighted by Crippen LogP contribution is 2.39. The summed E-state index contributed by atoms with van der Waals surface area (Å²) in [5.41, 5.74) is 12.4. The van der Waals surface area contributed by atoms with Crippen LogP contribution in [0, 0.1) is 11.6 Å². The normalized spacial score (nSPS) is 10.6. The predicted octanol–water partition coefficient (Wildman–Crippen LogP) is 10.2. The highest BCUT2D eigenvalue weighted by atomic mass is 35.5. The van der Waals surface area contributed by atoms with Gasteiger partial charge in [-0.2, -0.15) is 0 Å². The zero-order chi connectivity index (χ0) is 32.8. The van der Waals surface area contributed by atoms with Gasteiger partial charge in [0.15, 0.2) is 0 Å². The molecule has 232 valence electrons. The third-order valence-electron chi connectivity index (χ3n) is 6.99. The van der Waals surface area contributed by atoms with Crippen molar-refractivity contribution in [2.75, 3.05) is 21.3 Å². The average molecular weight is 661 g/mol. The molecule has 6 aromatic rings. The number of fused-ring (bicyclic) bond motifs is 2. The van der Waals surface area contributed by atoms with Gasteiger partial charge in [-0.25, -0.2) is 18.7 Å². The summed E-state index contributed by atoms with van der Waals surface area (Å²) in [5.74, 6) is 0.718. The van der Waals surface area contributed by atoms with Crippen LogP contribution in [0.25, 0.3) is 54.8 Å². The minimum absolute atomic E-state index is 0.0843. The van der Waals surface area contributed by atoms with Gasteiger partial charge < -0.3 is 14.2 Å². The Bertz CT molecular complexity index is 2120. The van der Waals surface area contributed by atoms with Gasteiger partial charge in [-0.15, -0.1) is 0 Å². The molecule has 6 rings (SSSR count). The molecule has 12 heteroatoms. The zero-order valence-electron chi connectivity index (χ0n) is 24.8. The van der Waals surface area contributed by atoms with Crippen LogP contribution in [0.3, 0.4) is 0 Å². The maximum absolute atomic E-state index is 13.8. The van der Waals surface area contributed by atoms with Gasteiger partial charge in [0.25, 0.3) is 0 Å². The number of benzene rings is 4. The Morgan fingerprint density at radius 3 is 1.70 bits per heavy atom. The summed E-state index contributed by atoms with van der Waals surface area (Å²) in [6, 6.07) is 23.0. The van der Waals surface area contributed by atoms with Gasteiger partial charge in [-0.3, -0.25) is 0 Å². The molecule has 0 aliphatic heterocycles. The fourth-order valence-corrected chi connectivity index (χ4v) is 5.34. The molecule has 8 nitrogen and oxygen atoms in total. The van der Waals surface area contributed by atoms with Gasteiger partial charge in [-0.1, -0.05) is 52.6 Å². The van der Waals surface area contributed by atoms with E-state index in [-0.39, 0.29) is 12.4 Å². The van der Waals surface area contributed by atoms with Crippen molar-refractivity contribution >= 4 is 45.0 Å². The van der Waals surface area contributed by atoms with Crippen molar-refractivity contribution in [3.63, 3.8) is 0 Å². The van der Waals surface area contributed by atoms with Crippen LogP contribution in [0.2, 0.25) is 10.0 Å². The maximum Gasteiger partial charge on any atom is 0.145 e. The Kier molecular flexibility index (Phi) is 10.0. The van der Waals surface area contributed by atoms with Gasteiger partial charge in [-0.05, 0) is 71.8 Å². The van der Waals surface area contributed by atoms with Gasteiger partial charge in [0.2, 0.25) is 0 Å². The van der Waals surface area contributed by atoms with Crippen molar-refractivity contribution in [2.45, 2.75) is 6.54 Å². The lowest BCUT2D eigenvalue weighted by molar-refractivity contribution is 0.409. The molecule has 0 saturated carbocycles. The second kappa shape index (κ2) is 14.3. The van der Waals surface area contributed by atoms with Crippen molar-refractivity contribution in [2.24, 2.45) is 5.11 Å². The number of azide groups is 1. The molecule has 0 aliphatic carbocycles. The summed E-state index contributed by atoms with van der Waals surface area (Å²) in [7, 11) is 4.57. The first-order valence-electron chi connectivity index (χ1n) is 13.7. The molecule has 0 saturated heterocycles. The quantitative estimate of drug-likeness (QED) is 0.0963. The van der Waals surface area contributed by atoms with Crippen molar-refractivity contribution < 1.29 is 23.0 Å². The fraction of sp³-hybridized carbons (Fsp3) is 0.118. The van der Waals surface area contributed by atoms with E-state index in [1.165, 1.54) is 44.6 Å². The molecular weight excluding hydrogens is 635 g/mol. The maximum atomic E-state index is 13.8. The molecule has 0 amide bonds. The van der Waals surface area contributed by atoms with E-state index < -0.39 is 5.82 Å². The molecule has 0 fully saturated rings. The Labute approximate surface area is 272 Å². The van der Waals surface area contributed by atoms with Crippen molar-refractivity contribution in [1.82, 2.24) is 9.97 Å². The molecule has 0 atom stereocenters. The number of ether oxygens (including phenoxy) is 3. The van der Waals surface area contributed by atoms with Gasteiger partial charge in [0, 0.05) is 26.8 Å². The molecule has 0 N–H and O–H groups in total. The van der Waals surface area contributed by atoms with E-state index in [4.69, 9.17) is 42.9 Å². The number of rotatable bonds is 7. The van der Waals surface area contributed by atoms with Crippen molar-refractivity contribution in [1.29, 1.82) is 0 Å². The first kappa shape index (κ1) is 32.2. The lowest BCUT2D eigenvalue weighted by Crippen LogP contribution is -1.97. The first-order chi connectivity index (χ1) is 22.3. The third kappa shape index (κ3) is 6.74. The van der Waals surface area contributed by atoms with E-state index in [1.54, 1.807) is 25.3 Å². The van der Waals surface area contributed by atoms with Crippen LogP contribution >= 0.6 is 23.2 Å². The summed E-state index contributed by atoms with van der Waals surface area (Å²) in [6.07, 6.45) is 0. The molecule has 0 bridgehead atoms. The molecule has 0 radical (unpaired) electrons. The Hall–Kier alpha value is -5.15. The third-order valence-corrected chi connectivity index (χ3v) is 7.60. The zero-order valence-corrected chi connectivity index (χ0v) is 26.3. The van der Waals surface area contributed by atoms with E-state index in [0.717, 1.165) is 10.8 Å². The molecular formula is C34H25Cl2F2N5O3. The lowest BCUT2D eigenvalue weighted by atomic mass is 10.0. The Morgan fingerprint density at radius 1 is 0.674 bits per heavy atom. The van der Waals surface area contributed by atoms with E-state index in [2.05, 4.69) is 20.0 Å². The molecule has 2 heterocycles. The summed E-state index contributed by atoms with van der Waals surface area (Å²) < 4.78 is 43.4. The summed E-state index contributed by atoms with van der Waals surface area (Å²) >= 11 is 12.4. The van der Waals surface area contributed by atoms with Crippen LogP contribution in [0.15, 0.2) is 90.0 Å². The number of pyridine rings is 2. The van der Waals surface area contributed by atoms with E-state index in [9.17, 15) is 8.78 Å². The van der Waals surface area contributed by atoms with Crippen LogP contribution in [0.1, 0.15) is 5.56 Å². The molecule has 0 spiro atoms. The summed E-state index contributed by atoms with van der Waals surface area (Å²) in [6.45, 7) is 0.0843. The number of hydrogen-bond donors (Lipinski definition) is 0. The van der Waals surface area contributed by atoms with E-state index in [1.807, 2.05) is 36.4 Å². The largest absolute Gasteiger partial charge is 0.496 e. The second-order valence-electron chi connectivity index (χ2n) is 9.74. The molecule has 2 aromatic heterocycles. The van der Waals surface area contributed by atoms with E-state index in [0.29, 0.717) is 66.4 Å². The summed E-state index contributed by atoms with van der Waals surface area (Å²) in [4.78, 5) is 11.9. The molecule has 4 aromatic carbocycles. The molecule has 0 unspecified atom stereocenters. The minimum Gasteiger partial charge on any atom is -0.496 e. The lowest BCUT2D eigenvalue weighted by Gasteiger charge is -2.13. The first-order valence-corrected chi connectivity index (χ1v) is 14.4. The van der Waals surface area contributed by atoms with Gasteiger partial charge in [0.1, 0.15) is 34.6 Å². The molecule has 46 heavy (non-hydrogen) atoms. The van der Waals surface area contributed by atoms with Crippen LogP contribution in [-0.4, -0.2) is 31.3 Å². The molecule has 0 aliphatic rings. The van der Waals surface area contributed by atoms with Gasteiger partial charge >= 0.3 is 0 Å². The minimum atomic E-state index is -0.415. The predicted molar refractivity (Wildman–Crippen MR) is 177 cm³/mol. The van der Waals surface area contributed by atoms with Gasteiger partial charge in [0.05, 0.1) is 54.6 Å². The van der Waals surface area contributed by atoms with Crippen molar-refractivity contribution in [3.05, 3.63) is 123 Å². The SMILES string of the molecule is COc1ccc(F)cc1-c1nc2c(Cl)cccc2cc1CN=[N+]=[N-].COc1ccc(F)cc1-c1nc2c(Cl)cccc2cc1OC. The average Bonchev–Trinajstić information content (AvgIpc) is 3.07. The topological polar surface area (TPSA) is 102 Å². The highest BCUT2D eigenvalue weighted by molar-refractivity contribution is 6.35. The number of halogens is 4. The standard InChI is InChI=1S/C17H12ClFN4O.C17H13ClFNO2/c1-24-15-6-5-12(19)8-13(15)16-11(9-21-23-20)7-10-3-2-4-14(18)17(10)22-16;1-21-14-7-6-11(19)9-12(14)17-15(22-2)8-10-4-3-5-13(18)16(10)20-17/h2-8H,9H2,1H3;3-9H,1-2H3. The number of aromatic nitrogens is 2. The number of hydrogen-bond acceptors (Lipinski definition) is 6. The number of para-hydroxylation sites is 2. The fourth-order valence-electron chi connectivity index (χ4n) is 4.89. The second-order valence-corrected chi connectivity index (χ2v) is 10.6. The van der Waals surface area contributed by atoms with Crippen LogP contribution in [0.5, 0.6) is 17.2 Å². The number of methoxy groups -OCH3 is 3. The summed E-state index contributed by atoms with van der Waals surface area (Å²) in [5, 5.41) is 6.28. The Balaban J connectivity index is 0.000000182. The monoisotopic (exact) mass is 659 g/mol. The highest BCUT2D eigenvalue weighted by Gasteiger charge is 2.17. The number of nitrogens with zero attached hydrogens (tertiary/aromatic N) is 5.